The Morgan fingerprint density at radius 1 is 1.00 bits per heavy atom. The minimum absolute atomic E-state index is 0.192. The van der Waals surface area contributed by atoms with Gasteiger partial charge in [-0.1, -0.05) is 36.4 Å². The molecule has 6 heteroatoms. The predicted octanol–water partition coefficient (Wildman–Crippen LogP) is 3.58. The van der Waals surface area contributed by atoms with Crippen LogP contribution < -0.4 is 4.74 Å². The van der Waals surface area contributed by atoms with Gasteiger partial charge in [0.2, 0.25) is 0 Å². The van der Waals surface area contributed by atoms with Crippen LogP contribution in [0.5, 0.6) is 5.75 Å². The Morgan fingerprint density at radius 2 is 1.79 bits per heavy atom. The first-order valence-corrected chi connectivity index (χ1v) is 11.8. The highest BCUT2D eigenvalue weighted by molar-refractivity contribution is 5.65. The number of hydrogen-bond acceptors (Lipinski definition) is 6. The number of rotatable bonds is 6. The Balaban J connectivity index is 1.36. The van der Waals surface area contributed by atoms with E-state index in [0.717, 1.165) is 49.5 Å². The van der Waals surface area contributed by atoms with Gasteiger partial charge in [0, 0.05) is 49.0 Å². The second kappa shape index (κ2) is 10.00. The van der Waals surface area contributed by atoms with Crippen molar-refractivity contribution in [1.29, 1.82) is 0 Å². The second-order valence-electron chi connectivity index (χ2n) is 9.12. The van der Waals surface area contributed by atoms with Gasteiger partial charge in [0.25, 0.3) is 0 Å². The van der Waals surface area contributed by atoms with Gasteiger partial charge in [0.05, 0.1) is 13.7 Å². The van der Waals surface area contributed by atoms with Gasteiger partial charge < -0.3 is 9.84 Å². The van der Waals surface area contributed by atoms with Crippen LogP contribution in [0.2, 0.25) is 0 Å². The normalized spacial score (nSPS) is 23.8. The van der Waals surface area contributed by atoms with E-state index < -0.39 is 0 Å². The molecule has 0 aliphatic carbocycles. The summed E-state index contributed by atoms with van der Waals surface area (Å²) in [6.45, 7) is 4.22. The van der Waals surface area contributed by atoms with Crippen molar-refractivity contribution in [3.05, 3.63) is 78.4 Å². The summed E-state index contributed by atoms with van der Waals surface area (Å²) in [7, 11) is 1.70. The second-order valence-corrected chi connectivity index (χ2v) is 9.12. The zero-order valence-corrected chi connectivity index (χ0v) is 19.2. The van der Waals surface area contributed by atoms with Gasteiger partial charge in [0.15, 0.2) is 0 Å². The summed E-state index contributed by atoms with van der Waals surface area (Å²) >= 11 is 0. The fraction of sp³-hybridized carbons (Fsp3) is 0.407. The van der Waals surface area contributed by atoms with Gasteiger partial charge in [0.1, 0.15) is 12.1 Å². The van der Waals surface area contributed by atoms with Crippen LogP contribution in [0.3, 0.4) is 0 Å². The van der Waals surface area contributed by atoms with Crippen molar-refractivity contribution in [2.45, 2.75) is 37.4 Å². The molecule has 2 saturated heterocycles. The van der Waals surface area contributed by atoms with E-state index in [0.29, 0.717) is 12.0 Å². The number of methoxy groups -OCH3 is 1. The third kappa shape index (κ3) is 4.64. The van der Waals surface area contributed by atoms with Gasteiger partial charge in [-0.15, -0.1) is 0 Å². The zero-order chi connectivity index (χ0) is 22.6. The smallest absolute Gasteiger partial charge is 0.119 e. The van der Waals surface area contributed by atoms with Crippen LogP contribution in [-0.2, 0) is 6.54 Å². The van der Waals surface area contributed by atoms with E-state index in [9.17, 15) is 5.11 Å². The maximum absolute atomic E-state index is 10.2. The molecule has 33 heavy (non-hydrogen) atoms. The maximum atomic E-state index is 10.2. The molecule has 2 aromatic carbocycles. The molecule has 0 saturated carbocycles. The van der Waals surface area contributed by atoms with Crippen molar-refractivity contribution in [1.82, 2.24) is 19.8 Å². The Kier molecular flexibility index (Phi) is 6.67. The zero-order valence-electron chi connectivity index (χ0n) is 19.2. The van der Waals surface area contributed by atoms with E-state index in [1.54, 1.807) is 13.4 Å². The lowest BCUT2D eigenvalue weighted by atomic mass is 9.74. The van der Waals surface area contributed by atoms with Crippen LogP contribution in [0, 0.1) is 0 Å². The molecular weight excluding hydrogens is 412 g/mol. The third-order valence-electron chi connectivity index (χ3n) is 7.17. The van der Waals surface area contributed by atoms with E-state index in [4.69, 9.17) is 4.74 Å². The number of fused-ring (bicyclic) bond motifs is 1. The number of hydrogen-bond donors (Lipinski definition) is 1. The molecule has 3 aromatic rings. The number of aliphatic hydroxyl groups excluding tert-OH is 1. The number of aromatic nitrogens is 2. The van der Waals surface area contributed by atoms with Crippen LogP contribution in [0.25, 0.3) is 11.1 Å². The molecule has 0 unspecified atom stereocenters. The first-order valence-electron chi connectivity index (χ1n) is 11.8. The lowest BCUT2D eigenvalue weighted by Crippen LogP contribution is -2.67. The molecule has 0 bridgehead atoms. The molecule has 6 nitrogen and oxygen atoms in total. The average molecular weight is 445 g/mol. The summed E-state index contributed by atoms with van der Waals surface area (Å²) < 4.78 is 5.38. The van der Waals surface area contributed by atoms with E-state index in [2.05, 4.69) is 56.2 Å². The number of aliphatic hydroxyl groups is 1. The molecule has 1 N–H and O–H groups in total. The Morgan fingerprint density at radius 3 is 2.55 bits per heavy atom. The van der Waals surface area contributed by atoms with Crippen LogP contribution in [0.15, 0.2) is 67.3 Å². The van der Waals surface area contributed by atoms with Gasteiger partial charge in [-0.25, -0.2) is 9.97 Å². The van der Waals surface area contributed by atoms with Crippen molar-refractivity contribution >= 4 is 0 Å². The average Bonchev–Trinajstić information content (AvgIpc) is 2.85. The summed E-state index contributed by atoms with van der Waals surface area (Å²) in [6, 6.07) is 17.7. The molecule has 3 atom stereocenters. The maximum Gasteiger partial charge on any atom is 0.119 e. The van der Waals surface area contributed by atoms with Crippen molar-refractivity contribution < 1.29 is 9.84 Å². The van der Waals surface area contributed by atoms with E-state index >= 15 is 0 Å². The SMILES string of the molecule is COc1cccc(-c2ccc([C@@H]3[C@H]4CN(Cc5cncnc5)CCCCN4[C@H]3CO)cc2)c1. The molecule has 172 valence electrons. The highest BCUT2D eigenvalue weighted by atomic mass is 16.5. The van der Waals surface area contributed by atoms with Crippen LogP contribution in [-0.4, -0.2) is 70.3 Å². The number of ether oxygens (including phenoxy) is 1. The first-order chi connectivity index (χ1) is 16.3. The molecule has 5 rings (SSSR count). The van der Waals surface area contributed by atoms with Gasteiger partial charge >= 0.3 is 0 Å². The minimum Gasteiger partial charge on any atom is -0.497 e. The molecule has 2 aliphatic heterocycles. The Bertz CT molecular complexity index is 1040. The lowest BCUT2D eigenvalue weighted by molar-refractivity contribution is -0.0655. The van der Waals surface area contributed by atoms with Crippen molar-refractivity contribution in [2.24, 2.45) is 0 Å². The highest BCUT2D eigenvalue weighted by Gasteiger charge is 2.49. The lowest BCUT2D eigenvalue weighted by Gasteiger charge is -2.57. The van der Waals surface area contributed by atoms with E-state index in [1.807, 2.05) is 24.5 Å². The standard InChI is InChI=1S/C27H32N4O2/c1-33-24-6-4-5-23(13-24)21-7-9-22(10-8-21)27-25-17-30(16-20-14-28-19-29-15-20)11-2-3-12-31(25)26(27)18-32/h4-10,13-15,19,25-27,32H,2-3,11-12,16-18H2,1H3/t25-,26+,27-/m1/s1. The number of nitrogens with zero attached hydrogens (tertiary/aromatic N) is 4. The van der Waals surface area contributed by atoms with Crippen molar-refractivity contribution in [3.8, 4) is 16.9 Å². The monoisotopic (exact) mass is 444 g/mol. The molecule has 2 fully saturated rings. The highest BCUT2D eigenvalue weighted by Crippen LogP contribution is 2.42. The molecule has 1 aromatic heterocycles. The summed E-state index contributed by atoms with van der Waals surface area (Å²) in [5.41, 5.74) is 4.79. The molecule has 3 heterocycles. The van der Waals surface area contributed by atoms with E-state index in [1.165, 1.54) is 17.5 Å². The molecule has 0 radical (unpaired) electrons. The summed E-state index contributed by atoms with van der Waals surface area (Å²) in [5, 5.41) is 10.2. The van der Waals surface area contributed by atoms with Gasteiger partial charge in [-0.2, -0.15) is 0 Å². The van der Waals surface area contributed by atoms with Crippen molar-refractivity contribution in [3.63, 3.8) is 0 Å². The topological polar surface area (TPSA) is 61.7 Å². The number of benzene rings is 2. The van der Waals surface area contributed by atoms with Crippen LogP contribution in [0.1, 0.15) is 29.9 Å². The third-order valence-corrected chi connectivity index (χ3v) is 7.17. The Hall–Kier alpha value is -2.80. The van der Waals surface area contributed by atoms with Gasteiger partial charge in [-0.3, -0.25) is 9.80 Å². The largest absolute Gasteiger partial charge is 0.497 e. The quantitative estimate of drug-likeness (QED) is 0.627. The fourth-order valence-corrected chi connectivity index (χ4v) is 5.53. The fourth-order valence-electron chi connectivity index (χ4n) is 5.53. The van der Waals surface area contributed by atoms with Crippen LogP contribution >= 0.6 is 0 Å². The molecule has 0 amide bonds. The predicted molar refractivity (Wildman–Crippen MR) is 129 cm³/mol. The summed E-state index contributed by atoms with van der Waals surface area (Å²) in [6.07, 6.45) is 7.75. The Labute approximate surface area is 195 Å². The summed E-state index contributed by atoms with van der Waals surface area (Å²) in [5.74, 6) is 1.20. The first kappa shape index (κ1) is 22.0. The molecule has 2 aliphatic rings. The van der Waals surface area contributed by atoms with Gasteiger partial charge in [-0.05, 0) is 54.8 Å². The van der Waals surface area contributed by atoms with E-state index in [-0.39, 0.29) is 12.6 Å². The molecular formula is C27H32N4O2. The van der Waals surface area contributed by atoms with Crippen LogP contribution in [0.4, 0.5) is 0 Å². The summed E-state index contributed by atoms with van der Waals surface area (Å²) in [4.78, 5) is 13.4. The van der Waals surface area contributed by atoms with Crippen molar-refractivity contribution in [2.75, 3.05) is 33.4 Å². The minimum atomic E-state index is 0.192. The molecule has 0 spiro atoms.